The van der Waals surface area contributed by atoms with E-state index in [1.165, 1.54) is 11.2 Å². The number of likely N-dealkylation sites (N-methyl/N-ethyl adjacent to an activating group) is 1. The molecule has 0 aliphatic carbocycles. The maximum atomic E-state index is 11.8. The first-order chi connectivity index (χ1) is 7.02. The van der Waals surface area contributed by atoms with E-state index >= 15 is 0 Å². The summed E-state index contributed by atoms with van der Waals surface area (Å²) in [6.45, 7) is -0.146. The van der Waals surface area contributed by atoms with Crippen LogP contribution in [0.1, 0.15) is 10.5 Å². The molecule has 15 heavy (non-hydrogen) atoms. The molecule has 0 bridgehead atoms. The molecule has 1 aromatic rings. The molecule has 6 nitrogen and oxygen atoms in total. The second-order valence-electron chi connectivity index (χ2n) is 3.31. The third kappa shape index (κ3) is 1.37. The van der Waals surface area contributed by atoms with Gasteiger partial charge < -0.3 is 4.57 Å². The highest BCUT2D eigenvalue weighted by molar-refractivity contribution is 6.27. The molecule has 0 atom stereocenters. The average molecular weight is 229 g/mol. The standard InChI is InChI=1S/C8H9ClN4O2/c1-11-4-10-7-6(11)8(15)13(9)3-5(14)12(7)2/h4H,3H2,1-2H3. The van der Waals surface area contributed by atoms with Gasteiger partial charge in [-0.2, -0.15) is 0 Å². The van der Waals surface area contributed by atoms with Crippen LogP contribution in [0.25, 0.3) is 0 Å². The van der Waals surface area contributed by atoms with Gasteiger partial charge in [0.2, 0.25) is 5.91 Å². The molecule has 0 fully saturated rings. The summed E-state index contributed by atoms with van der Waals surface area (Å²) in [6.07, 6.45) is 1.47. The molecule has 2 amide bonds. The highest BCUT2D eigenvalue weighted by Crippen LogP contribution is 2.22. The van der Waals surface area contributed by atoms with Crippen LogP contribution in [0.15, 0.2) is 6.33 Å². The lowest BCUT2D eigenvalue weighted by Gasteiger charge is -2.12. The van der Waals surface area contributed by atoms with Crippen LogP contribution in [0.5, 0.6) is 0 Å². The molecule has 0 N–H and O–H groups in total. The lowest BCUT2D eigenvalue weighted by molar-refractivity contribution is -0.118. The molecule has 2 rings (SSSR count). The molecule has 80 valence electrons. The number of fused-ring (bicyclic) bond motifs is 1. The minimum atomic E-state index is -0.413. The Balaban J connectivity index is 2.61. The monoisotopic (exact) mass is 228 g/mol. The van der Waals surface area contributed by atoms with Gasteiger partial charge in [0.25, 0.3) is 5.91 Å². The molecule has 1 aliphatic heterocycles. The smallest absolute Gasteiger partial charge is 0.289 e. The number of amides is 2. The zero-order valence-electron chi connectivity index (χ0n) is 8.27. The van der Waals surface area contributed by atoms with Crippen molar-refractivity contribution >= 4 is 29.4 Å². The van der Waals surface area contributed by atoms with Gasteiger partial charge >= 0.3 is 0 Å². The van der Waals surface area contributed by atoms with Gasteiger partial charge in [0, 0.05) is 25.9 Å². The Labute approximate surface area is 91.1 Å². The fourth-order valence-corrected chi connectivity index (χ4v) is 1.62. The Bertz CT molecular complexity index is 442. The van der Waals surface area contributed by atoms with E-state index in [9.17, 15) is 9.59 Å². The van der Waals surface area contributed by atoms with Crippen LogP contribution in [0.2, 0.25) is 0 Å². The molecule has 7 heteroatoms. The number of aromatic nitrogens is 2. The molecular formula is C8H9ClN4O2. The first kappa shape index (κ1) is 9.97. The van der Waals surface area contributed by atoms with Crippen molar-refractivity contribution in [2.24, 2.45) is 7.05 Å². The third-order valence-electron chi connectivity index (χ3n) is 2.31. The molecule has 1 aromatic heterocycles. The molecule has 0 unspecified atom stereocenters. The number of imidazole rings is 1. The number of hydrogen-bond donors (Lipinski definition) is 0. The van der Waals surface area contributed by atoms with Gasteiger partial charge in [-0.05, 0) is 0 Å². The molecule has 0 aromatic carbocycles. The van der Waals surface area contributed by atoms with E-state index in [1.54, 1.807) is 18.7 Å². The largest absolute Gasteiger partial charge is 0.328 e. The topological polar surface area (TPSA) is 58.4 Å². The normalized spacial score (nSPS) is 16.7. The Kier molecular flexibility index (Phi) is 2.15. The summed E-state index contributed by atoms with van der Waals surface area (Å²) in [5, 5.41) is 0. The third-order valence-corrected chi connectivity index (χ3v) is 2.58. The molecule has 1 aliphatic rings. The van der Waals surface area contributed by atoms with Crippen molar-refractivity contribution in [2.75, 3.05) is 18.5 Å². The predicted octanol–water partition coefficient (Wildman–Crippen LogP) is -0.00750. The van der Waals surface area contributed by atoms with E-state index in [0.717, 1.165) is 4.42 Å². The first-order valence-electron chi connectivity index (χ1n) is 4.28. The number of halogens is 1. The van der Waals surface area contributed by atoms with Crippen LogP contribution >= 0.6 is 11.8 Å². The van der Waals surface area contributed by atoms with E-state index in [1.807, 2.05) is 0 Å². The lowest BCUT2D eigenvalue weighted by atomic mass is 10.4. The summed E-state index contributed by atoms with van der Waals surface area (Å²) in [7, 11) is 3.25. The highest BCUT2D eigenvalue weighted by atomic mass is 35.5. The lowest BCUT2D eigenvalue weighted by Crippen LogP contribution is -2.33. The summed E-state index contributed by atoms with van der Waals surface area (Å²) in [6, 6.07) is 0. The Hall–Kier alpha value is -1.56. The first-order valence-corrected chi connectivity index (χ1v) is 4.61. The second-order valence-corrected chi connectivity index (χ2v) is 3.71. The zero-order valence-corrected chi connectivity index (χ0v) is 9.02. The maximum Gasteiger partial charge on any atom is 0.289 e. The molecule has 0 radical (unpaired) electrons. The van der Waals surface area contributed by atoms with Crippen LogP contribution in [-0.4, -0.2) is 39.4 Å². The molecule has 0 saturated heterocycles. The van der Waals surface area contributed by atoms with Gasteiger partial charge in [0.15, 0.2) is 11.5 Å². The summed E-state index contributed by atoms with van der Waals surface area (Å²) in [5.74, 6) is -0.337. The van der Waals surface area contributed by atoms with Crippen molar-refractivity contribution in [3.8, 4) is 0 Å². The van der Waals surface area contributed by atoms with Crippen LogP contribution in [-0.2, 0) is 11.8 Å². The summed E-state index contributed by atoms with van der Waals surface area (Å²) in [4.78, 5) is 28.6. The summed E-state index contributed by atoms with van der Waals surface area (Å²) < 4.78 is 2.41. The number of carbonyl (C=O) groups is 2. The SMILES string of the molecule is CN1C(=O)CN(Cl)C(=O)c2c1ncn2C. The average Bonchev–Trinajstić information content (AvgIpc) is 2.54. The Morgan fingerprint density at radius 1 is 1.40 bits per heavy atom. The van der Waals surface area contributed by atoms with Crippen molar-refractivity contribution in [2.45, 2.75) is 0 Å². The van der Waals surface area contributed by atoms with Crippen molar-refractivity contribution in [3.63, 3.8) is 0 Å². The van der Waals surface area contributed by atoms with E-state index in [4.69, 9.17) is 11.8 Å². The van der Waals surface area contributed by atoms with Gasteiger partial charge in [0.05, 0.1) is 6.33 Å². The Morgan fingerprint density at radius 3 is 2.73 bits per heavy atom. The zero-order chi connectivity index (χ0) is 11.2. The van der Waals surface area contributed by atoms with Gasteiger partial charge in [-0.1, -0.05) is 0 Å². The fraction of sp³-hybridized carbons (Fsp3) is 0.375. The predicted molar refractivity (Wildman–Crippen MR) is 53.5 cm³/mol. The van der Waals surface area contributed by atoms with Gasteiger partial charge in [-0.15, -0.1) is 0 Å². The van der Waals surface area contributed by atoms with E-state index in [0.29, 0.717) is 11.5 Å². The maximum absolute atomic E-state index is 11.8. The van der Waals surface area contributed by atoms with Gasteiger partial charge in [-0.3, -0.25) is 14.5 Å². The molecule has 2 heterocycles. The van der Waals surface area contributed by atoms with Crippen LogP contribution < -0.4 is 4.90 Å². The minimum absolute atomic E-state index is 0.146. The van der Waals surface area contributed by atoms with E-state index in [-0.39, 0.29) is 12.5 Å². The number of carbonyl (C=O) groups excluding carboxylic acids is 2. The van der Waals surface area contributed by atoms with Crippen molar-refractivity contribution < 1.29 is 9.59 Å². The minimum Gasteiger partial charge on any atom is -0.328 e. The Morgan fingerprint density at radius 2 is 2.07 bits per heavy atom. The number of aryl methyl sites for hydroxylation is 1. The second kappa shape index (κ2) is 3.23. The number of nitrogens with zero attached hydrogens (tertiary/aromatic N) is 4. The molecule has 0 spiro atoms. The van der Waals surface area contributed by atoms with Crippen molar-refractivity contribution in [1.82, 2.24) is 14.0 Å². The van der Waals surface area contributed by atoms with Gasteiger partial charge in [0.1, 0.15) is 6.54 Å². The fourth-order valence-electron chi connectivity index (χ4n) is 1.44. The quantitative estimate of drug-likeness (QED) is 0.587. The van der Waals surface area contributed by atoms with E-state index < -0.39 is 5.91 Å². The van der Waals surface area contributed by atoms with Gasteiger partial charge in [-0.25, -0.2) is 9.40 Å². The summed E-state index contributed by atoms with van der Waals surface area (Å²) >= 11 is 5.68. The van der Waals surface area contributed by atoms with Crippen molar-refractivity contribution in [3.05, 3.63) is 12.0 Å². The van der Waals surface area contributed by atoms with Crippen LogP contribution in [0.3, 0.4) is 0 Å². The molecular weight excluding hydrogens is 220 g/mol. The molecule has 0 saturated carbocycles. The number of anilines is 1. The van der Waals surface area contributed by atoms with Crippen molar-refractivity contribution in [1.29, 1.82) is 0 Å². The number of hydrogen-bond acceptors (Lipinski definition) is 3. The summed E-state index contributed by atoms with van der Waals surface area (Å²) in [5.41, 5.74) is 0.318. The highest BCUT2D eigenvalue weighted by Gasteiger charge is 2.32. The van der Waals surface area contributed by atoms with E-state index in [2.05, 4.69) is 4.98 Å². The number of rotatable bonds is 0. The van der Waals surface area contributed by atoms with Crippen LogP contribution in [0, 0.1) is 0 Å². The van der Waals surface area contributed by atoms with Crippen LogP contribution in [0.4, 0.5) is 5.82 Å².